The smallest absolute Gasteiger partial charge is 0.196 e. The predicted octanol–water partition coefficient (Wildman–Crippen LogP) is 4.09. The highest BCUT2D eigenvalue weighted by molar-refractivity contribution is 14.1. The highest BCUT2D eigenvalue weighted by atomic mass is 127. The molecule has 0 saturated carbocycles. The maximum absolute atomic E-state index is 12.5. The highest BCUT2D eigenvalue weighted by Crippen LogP contribution is 2.24. The molecule has 98 valence electrons. The topological polar surface area (TPSA) is 26.3 Å². The van der Waals surface area contributed by atoms with Crippen LogP contribution in [-0.2, 0) is 6.42 Å². The van der Waals surface area contributed by atoms with Crippen molar-refractivity contribution in [3.8, 4) is 5.75 Å². The molecule has 19 heavy (non-hydrogen) atoms. The molecule has 0 unspecified atom stereocenters. The zero-order chi connectivity index (χ0) is 13.8. The van der Waals surface area contributed by atoms with Gasteiger partial charge in [0.2, 0.25) is 0 Å². The van der Waals surface area contributed by atoms with Gasteiger partial charge in [-0.2, -0.15) is 0 Å². The number of hydrogen-bond donors (Lipinski definition) is 0. The molecule has 2 aromatic rings. The Hall–Kier alpha value is -1.36. The Morgan fingerprint density at radius 2 is 1.84 bits per heavy atom. The van der Waals surface area contributed by atoms with E-state index in [1.54, 1.807) is 7.11 Å². The van der Waals surface area contributed by atoms with Gasteiger partial charge in [0.25, 0.3) is 0 Å². The fourth-order valence-electron chi connectivity index (χ4n) is 1.90. The summed E-state index contributed by atoms with van der Waals surface area (Å²) in [5, 5.41) is 0. The van der Waals surface area contributed by atoms with E-state index in [0.29, 0.717) is 16.9 Å². The van der Waals surface area contributed by atoms with Crippen molar-refractivity contribution < 1.29 is 9.53 Å². The van der Waals surface area contributed by atoms with Gasteiger partial charge in [0.1, 0.15) is 5.75 Å². The molecule has 0 heterocycles. The zero-order valence-electron chi connectivity index (χ0n) is 10.9. The van der Waals surface area contributed by atoms with E-state index in [0.717, 1.165) is 9.99 Å². The van der Waals surface area contributed by atoms with Gasteiger partial charge >= 0.3 is 0 Å². The van der Waals surface area contributed by atoms with Crippen LogP contribution in [0.1, 0.15) is 28.4 Å². The van der Waals surface area contributed by atoms with Gasteiger partial charge in [-0.15, -0.1) is 0 Å². The van der Waals surface area contributed by atoms with E-state index in [9.17, 15) is 4.79 Å². The minimum Gasteiger partial charge on any atom is -0.496 e. The van der Waals surface area contributed by atoms with Gasteiger partial charge in [-0.05, 0) is 52.8 Å². The summed E-state index contributed by atoms with van der Waals surface area (Å²) in [6, 6.07) is 13.4. The van der Waals surface area contributed by atoms with Gasteiger partial charge in [-0.1, -0.05) is 31.2 Å². The number of benzene rings is 2. The van der Waals surface area contributed by atoms with Crippen molar-refractivity contribution >= 4 is 28.4 Å². The summed E-state index contributed by atoms with van der Waals surface area (Å²) in [6.07, 6.45) is 0.973. The lowest BCUT2D eigenvalue weighted by molar-refractivity contribution is 0.103. The van der Waals surface area contributed by atoms with E-state index < -0.39 is 0 Å². The molecule has 0 bridgehead atoms. The van der Waals surface area contributed by atoms with Crippen LogP contribution in [0.25, 0.3) is 0 Å². The number of methoxy groups -OCH3 is 1. The Morgan fingerprint density at radius 1 is 1.16 bits per heavy atom. The first-order valence-corrected chi connectivity index (χ1v) is 7.20. The summed E-state index contributed by atoms with van der Waals surface area (Å²) in [6.45, 7) is 2.10. The largest absolute Gasteiger partial charge is 0.496 e. The van der Waals surface area contributed by atoms with Crippen LogP contribution in [0, 0.1) is 3.57 Å². The minimum atomic E-state index is -0.00183. The van der Waals surface area contributed by atoms with Gasteiger partial charge in [0.05, 0.1) is 12.7 Å². The summed E-state index contributed by atoms with van der Waals surface area (Å²) in [7, 11) is 1.58. The van der Waals surface area contributed by atoms with Crippen molar-refractivity contribution in [2.75, 3.05) is 7.11 Å². The van der Waals surface area contributed by atoms with Crippen LogP contribution in [0.3, 0.4) is 0 Å². The van der Waals surface area contributed by atoms with E-state index in [1.807, 2.05) is 42.5 Å². The predicted molar refractivity (Wildman–Crippen MR) is 85.0 cm³/mol. The first-order valence-electron chi connectivity index (χ1n) is 6.13. The number of rotatable bonds is 4. The second-order valence-electron chi connectivity index (χ2n) is 4.22. The molecule has 0 aliphatic rings. The third-order valence-corrected chi connectivity index (χ3v) is 3.70. The summed E-state index contributed by atoms with van der Waals surface area (Å²) < 4.78 is 6.28. The first kappa shape index (κ1) is 14.1. The maximum Gasteiger partial charge on any atom is 0.196 e. The van der Waals surface area contributed by atoms with Gasteiger partial charge in [0, 0.05) is 9.13 Å². The van der Waals surface area contributed by atoms with Crippen LogP contribution in [-0.4, -0.2) is 12.9 Å². The van der Waals surface area contributed by atoms with Crippen molar-refractivity contribution in [1.82, 2.24) is 0 Å². The molecule has 0 aliphatic carbocycles. The van der Waals surface area contributed by atoms with E-state index in [1.165, 1.54) is 5.56 Å². The minimum absolute atomic E-state index is 0.00183. The molecule has 0 aliphatic heterocycles. The molecule has 0 saturated heterocycles. The Bertz CT molecular complexity index is 588. The Balaban J connectivity index is 2.40. The normalized spacial score (nSPS) is 10.3. The van der Waals surface area contributed by atoms with Crippen molar-refractivity contribution in [1.29, 1.82) is 0 Å². The Morgan fingerprint density at radius 3 is 2.42 bits per heavy atom. The van der Waals surface area contributed by atoms with E-state index in [-0.39, 0.29) is 5.78 Å². The molecule has 0 spiro atoms. The summed E-state index contributed by atoms with van der Waals surface area (Å²) in [4.78, 5) is 12.5. The number of hydrogen-bond acceptors (Lipinski definition) is 2. The molecule has 0 N–H and O–H groups in total. The quantitative estimate of drug-likeness (QED) is 0.602. The number of ether oxygens (including phenoxy) is 1. The van der Waals surface area contributed by atoms with Gasteiger partial charge in [-0.25, -0.2) is 0 Å². The van der Waals surface area contributed by atoms with Gasteiger partial charge in [0.15, 0.2) is 5.78 Å². The monoisotopic (exact) mass is 366 g/mol. The fourth-order valence-corrected chi connectivity index (χ4v) is 2.40. The SMILES string of the molecule is CCc1ccc(C(=O)c2cc(I)ccc2OC)cc1. The van der Waals surface area contributed by atoms with Gasteiger partial charge < -0.3 is 4.74 Å². The molecule has 3 heteroatoms. The molecular weight excluding hydrogens is 351 g/mol. The standard InChI is InChI=1S/C16H15IO2/c1-3-11-4-6-12(7-5-11)16(18)14-10-13(17)8-9-15(14)19-2/h4-10H,3H2,1-2H3. The second-order valence-corrected chi connectivity index (χ2v) is 5.47. The van der Waals surface area contributed by atoms with Crippen LogP contribution in [0.4, 0.5) is 0 Å². The van der Waals surface area contributed by atoms with Crippen LogP contribution in [0.2, 0.25) is 0 Å². The average molecular weight is 366 g/mol. The molecule has 2 aromatic carbocycles. The summed E-state index contributed by atoms with van der Waals surface area (Å²) in [5.74, 6) is 0.614. The number of aryl methyl sites for hydroxylation is 1. The number of carbonyl (C=O) groups excluding carboxylic acids is 1. The average Bonchev–Trinajstić information content (AvgIpc) is 2.46. The lowest BCUT2D eigenvalue weighted by Crippen LogP contribution is -2.04. The molecule has 0 aromatic heterocycles. The third-order valence-electron chi connectivity index (χ3n) is 3.03. The van der Waals surface area contributed by atoms with E-state index in [4.69, 9.17) is 4.74 Å². The molecule has 0 atom stereocenters. The summed E-state index contributed by atoms with van der Waals surface area (Å²) >= 11 is 2.19. The van der Waals surface area contributed by atoms with Crippen molar-refractivity contribution in [2.45, 2.75) is 13.3 Å². The molecular formula is C16H15IO2. The Kier molecular flexibility index (Phi) is 4.58. The number of carbonyl (C=O) groups is 1. The zero-order valence-corrected chi connectivity index (χ0v) is 13.1. The highest BCUT2D eigenvalue weighted by Gasteiger charge is 2.14. The van der Waals surface area contributed by atoms with E-state index >= 15 is 0 Å². The maximum atomic E-state index is 12.5. The van der Waals surface area contributed by atoms with Crippen molar-refractivity contribution in [3.63, 3.8) is 0 Å². The lowest BCUT2D eigenvalue weighted by atomic mass is 10.0. The molecule has 0 radical (unpaired) electrons. The first-order chi connectivity index (χ1) is 9.15. The third kappa shape index (κ3) is 3.15. The second kappa shape index (κ2) is 6.19. The van der Waals surface area contributed by atoms with Crippen molar-refractivity contribution in [3.05, 3.63) is 62.7 Å². The molecule has 2 rings (SSSR count). The molecule has 0 fully saturated rings. The fraction of sp³-hybridized carbons (Fsp3) is 0.188. The van der Waals surface area contributed by atoms with Gasteiger partial charge in [-0.3, -0.25) is 4.79 Å². The lowest BCUT2D eigenvalue weighted by Gasteiger charge is -2.08. The molecule has 0 amide bonds. The van der Waals surface area contributed by atoms with Crippen LogP contribution < -0.4 is 4.74 Å². The van der Waals surface area contributed by atoms with Crippen molar-refractivity contribution in [2.24, 2.45) is 0 Å². The molecule has 2 nitrogen and oxygen atoms in total. The number of ketones is 1. The number of halogens is 1. The summed E-state index contributed by atoms with van der Waals surface area (Å²) in [5.41, 5.74) is 2.53. The van der Waals surface area contributed by atoms with Crippen LogP contribution in [0.5, 0.6) is 5.75 Å². The van der Waals surface area contributed by atoms with Crippen LogP contribution >= 0.6 is 22.6 Å². The van der Waals surface area contributed by atoms with Crippen LogP contribution in [0.15, 0.2) is 42.5 Å². The Labute approximate surface area is 126 Å². The van der Waals surface area contributed by atoms with E-state index in [2.05, 4.69) is 29.5 Å².